The lowest BCUT2D eigenvalue weighted by molar-refractivity contribution is 0.480. The van der Waals surface area contributed by atoms with Crippen molar-refractivity contribution < 1.29 is 0 Å². The van der Waals surface area contributed by atoms with Gasteiger partial charge in [-0.2, -0.15) is 0 Å². The van der Waals surface area contributed by atoms with Crippen LogP contribution < -0.4 is 0 Å². The monoisotopic (exact) mass is 362 g/mol. The van der Waals surface area contributed by atoms with Crippen molar-refractivity contribution in [2.75, 3.05) is 0 Å². The van der Waals surface area contributed by atoms with E-state index >= 15 is 0 Å². The molecule has 3 heteroatoms. The van der Waals surface area contributed by atoms with Gasteiger partial charge in [0.2, 0.25) is 0 Å². The quantitative estimate of drug-likeness (QED) is 0.592. The van der Waals surface area contributed by atoms with Crippen LogP contribution in [0.5, 0.6) is 0 Å². The van der Waals surface area contributed by atoms with Gasteiger partial charge in [-0.3, -0.25) is 0 Å². The highest BCUT2D eigenvalue weighted by molar-refractivity contribution is 9.10. The molecule has 0 aromatic carbocycles. The molecule has 3 rings (SSSR count). The molecule has 3 unspecified atom stereocenters. The van der Waals surface area contributed by atoms with E-state index in [1.165, 1.54) is 39.9 Å². The van der Waals surface area contributed by atoms with Gasteiger partial charge in [0.1, 0.15) is 0 Å². The van der Waals surface area contributed by atoms with Gasteiger partial charge in [-0.05, 0) is 59.5 Å². The van der Waals surface area contributed by atoms with Crippen molar-refractivity contribution in [1.82, 2.24) is 0 Å². The first-order valence-corrected chi connectivity index (χ1v) is 8.61. The Labute approximate surface area is 118 Å². The van der Waals surface area contributed by atoms with Crippen LogP contribution in [-0.2, 0) is 0 Å². The van der Waals surface area contributed by atoms with E-state index in [1.54, 1.807) is 0 Å². The Kier molecular flexibility index (Phi) is 3.23. The zero-order valence-corrected chi connectivity index (χ0v) is 13.4. The lowest BCUT2D eigenvalue weighted by Gasteiger charge is -2.05. The highest BCUT2D eigenvalue weighted by Crippen LogP contribution is 2.63. The topological polar surface area (TPSA) is 0 Å². The number of fused-ring (bicyclic) bond motifs is 1. The lowest BCUT2D eigenvalue weighted by Crippen LogP contribution is -1.91. The normalized spacial score (nSPS) is 34.6. The summed E-state index contributed by atoms with van der Waals surface area (Å²) in [5.41, 5.74) is 0. The fraction of sp³-hybridized carbons (Fsp3) is 0.692. The number of thiophene rings is 1. The summed E-state index contributed by atoms with van der Waals surface area (Å²) in [6.07, 6.45) is 5.88. The average molecular weight is 364 g/mol. The molecule has 0 radical (unpaired) electrons. The van der Waals surface area contributed by atoms with Crippen LogP contribution in [0.15, 0.2) is 10.5 Å². The van der Waals surface area contributed by atoms with Crippen LogP contribution in [0.4, 0.5) is 0 Å². The first kappa shape index (κ1) is 11.7. The molecule has 88 valence electrons. The summed E-state index contributed by atoms with van der Waals surface area (Å²) in [5, 5.41) is 0. The molecule has 3 atom stereocenters. The molecule has 0 saturated heterocycles. The Balaban J connectivity index is 1.76. The second-order valence-corrected chi connectivity index (χ2v) is 8.27. The van der Waals surface area contributed by atoms with E-state index in [0.717, 1.165) is 17.8 Å². The van der Waals surface area contributed by atoms with Crippen LogP contribution >= 0.6 is 43.2 Å². The summed E-state index contributed by atoms with van der Waals surface area (Å²) >= 11 is 9.50. The third-order valence-corrected chi connectivity index (χ3v) is 7.84. The van der Waals surface area contributed by atoms with Gasteiger partial charge in [0.05, 0.1) is 4.83 Å². The first-order chi connectivity index (χ1) is 7.68. The largest absolute Gasteiger partial charge is 0.143 e. The standard InChI is InChI=1S/C13H16Br2S/c1-7-10(14)6-11(16-7)13(15)12-8-4-2-3-5-9(8)12/h6,8-9,12-13H,2-5H2,1H3. The molecule has 1 heterocycles. The van der Waals surface area contributed by atoms with Crippen LogP contribution in [0.25, 0.3) is 0 Å². The van der Waals surface area contributed by atoms with Crippen LogP contribution in [0.3, 0.4) is 0 Å². The van der Waals surface area contributed by atoms with Gasteiger partial charge >= 0.3 is 0 Å². The predicted octanol–water partition coefficient (Wildman–Crippen LogP) is 5.69. The number of hydrogen-bond donors (Lipinski definition) is 0. The van der Waals surface area contributed by atoms with E-state index in [0.29, 0.717) is 4.83 Å². The maximum atomic E-state index is 3.94. The molecule has 1 aromatic heterocycles. The lowest BCUT2D eigenvalue weighted by atomic mass is 10.0. The zero-order chi connectivity index (χ0) is 11.3. The first-order valence-electron chi connectivity index (χ1n) is 6.08. The van der Waals surface area contributed by atoms with E-state index in [2.05, 4.69) is 44.8 Å². The Hall–Kier alpha value is 0.660. The van der Waals surface area contributed by atoms with Crippen LogP contribution in [0, 0.1) is 24.7 Å². The molecular formula is C13H16Br2S. The molecule has 1 aromatic rings. The van der Waals surface area contributed by atoms with E-state index in [-0.39, 0.29) is 0 Å². The highest BCUT2D eigenvalue weighted by Gasteiger charge is 2.54. The molecule has 0 amide bonds. The molecule has 2 fully saturated rings. The third-order valence-electron chi connectivity index (χ3n) is 4.21. The molecule has 0 N–H and O–H groups in total. The fourth-order valence-electron chi connectivity index (χ4n) is 3.29. The van der Waals surface area contributed by atoms with Gasteiger partial charge in [-0.1, -0.05) is 28.8 Å². The van der Waals surface area contributed by atoms with Crippen molar-refractivity contribution in [2.45, 2.75) is 37.4 Å². The van der Waals surface area contributed by atoms with Crippen molar-refractivity contribution in [2.24, 2.45) is 17.8 Å². The van der Waals surface area contributed by atoms with Crippen LogP contribution in [0.1, 0.15) is 40.3 Å². The summed E-state index contributed by atoms with van der Waals surface area (Å²) in [6, 6.07) is 2.31. The van der Waals surface area contributed by atoms with E-state index < -0.39 is 0 Å². The number of rotatable bonds is 2. The van der Waals surface area contributed by atoms with Crippen molar-refractivity contribution in [3.63, 3.8) is 0 Å². The SMILES string of the molecule is Cc1sc(C(Br)C2C3CCCCC32)cc1Br. The Morgan fingerprint density at radius 3 is 2.44 bits per heavy atom. The van der Waals surface area contributed by atoms with Crippen molar-refractivity contribution in [3.05, 3.63) is 20.3 Å². The van der Waals surface area contributed by atoms with Gasteiger partial charge in [-0.15, -0.1) is 11.3 Å². The molecule has 0 aliphatic heterocycles. The van der Waals surface area contributed by atoms with Gasteiger partial charge < -0.3 is 0 Å². The highest BCUT2D eigenvalue weighted by atomic mass is 79.9. The molecular weight excluding hydrogens is 348 g/mol. The Morgan fingerprint density at radius 1 is 1.31 bits per heavy atom. The fourth-order valence-corrected chi connectivity index (χ4v) is 6.08. The Morgan fingerprint density at radius 2 is 1.94 bits per heavy atom. The Bertz CT molecular complexity index is 367. The number of hydrogen-bond acceptors (Lipinski definition) is 1. The molecule has 16 heavy (non-hydrogen) atoms. The van der Waals surface area contributed by atoms with Gasteiger partial charge in [0.15, 0.2) is 0 Å². The minimum atomic E-state index is 0.607. The predicted molar refractivity (Wildman–Crippen MR) is 77.4 cm³/mol. The second kappa shape index (κ2) is 4.40. The summed E-state index contributed by atoms with van der Waals surface area (Å²) in [5.74, 6) is 2.98. The summed E-state index contributed by atoms with van der Waals surface area (Å²) in [4.78, 5) is 3.53. The molecule has 0 nitrogen and oxygen atoms in total. The summed E-state index contributed by atoms with van der Waals surface area (Å²) < 4.78 is 1.28. The second-order valence-electron chi connectivity index (χ2n) is 5.14. The van der Waals surface area contributed by atoms with E-state index in [9.17, 15) is 0 Å². The number of aryl methyl sites for hydroxylation is 1. The van der Waals surface area contributed by atoms with Gasteiger partial charge in [0, 0.05) is 14.2 Å². The molecule has 0 spiro atoms. The van der Waals surface area contributed by atoms with Crippen molar-refractivity contribution in [1.29, 1.82) is 0 Å². The van der Waals surface area contributed by atoms with E-state index in [4.69, 9.17) is 0 Å². The summed E-state index contributed by atoms with van der Waals surface area (Å²) in [6.45, 7) is 2.19. The van der Waals surface area contributed by atoms with E-state index in [1.807, 2.05) is 11.3 Å². The molecule has 2 aliphatic rings. The van der Waals surface area contributed by atoms with Gasteiger partial charge in [-0.25, -0.2) is 0 Å². The summed E-state index contributed by atoms with van der Waals surface area (Å²) in [7, 11) is 0. The maximum Gasteiger partial charge on any atom is 0.0523 e. The average Bonchev–Trinajstić information content (AvgIpc) is 2.91. The van der Waals surface area contributed by atoms with Crippen molar-refractivity contribution >= 4 is 43.2 Å². The maximum absolute atomic E-state index is 3.94. The molecule has 2 aliphatic carbocycles. The number of alkyl halides is 1. The van der Waals surface area contributed by atoms with Gasteiger partial charge in [0.25, 0.3) is 0 Å². The minimum Gasteiger partial charge on any atom is -0.143 e. The smallest absolute Gasteiger partial charge is 0.0523 e. The molecule has 2 saturated carbocycles. The third kappa shape index (κ3) is 1.93. The van der Waals surface area contributed by atoms with Crippen LogP contribution in [-0.4, -0.2) is 0 Å². The number of halogens is 2. The minimum absolute atomic E-state index is 0.607. The molecule has 0 bridgehead atoms. The van der Waals surface area contributed by atoms with Crippen molar-refractivity contribution in [3.8, 4) is 0 Å². The zero-order valence-electron chi connectivity index (χ0n) is 9.38. The van der Waals surface area contributed by atoms with Crippen LogP contribution in [0.2, 0.25) is 0 Å².